The summed E-state index contributed by atoms with van der Waals surface area (Å²) in [6.07, 6.45) is 0.756. The molecule has 0 saturated heterocycles. The highest BCUT2D eigenvalue weighted by molar-refractivity contribution is 5.94. The van der Waals surface area contributed by atoms with Gasteiger partial charge in [-0.05, 0) is 11.5 Å². The highest BCUT2D eigenvalue weighted by Gasteiger charge is 2.30. The van der Waals surface area contributed by atoms with Crippen LogP contribution in [-0.4, -0.2) is 76.4 Å². The molecule has 11 nitrogen and oxygen atoms in total. The first kappa shape index (κ1) is 27.0. The van der Waals surface area contributed by atoms with Gasteiger partial charge in [0, 0.05) is 6.42 Å². The van der Waals surface area contributed by atoms with Crippen LogP contribution in [-0.2, 0) is 25.6 Å². The molecule has 0 aliphatic rings. The summed E-state index contributed by atoms with van der Waals surface area (Å²) in [6, 6.07) is 3.81. The molecule has 0 aromatic heterocycles. The summed E-state index contributed by atoms with van der Waals surface area (Å²) in [6.45, 7) is 2.00. The van der Waals surface area contributed by atoms with Gasteiger partial charge in [-0.15, -0.1) is 0 Å². The van der Waals surface area contributed by atoms with Crippen molar-refractivity contribution in [3.63, 3.8) is 0 Å². The topological polar surface area (TPSA) is 191 Å². The molecule has 5 unspecified atom stereocenters. The third kappa shape index (κ3) is 8.25. The summed E-state index contributed by atoms with van der Waals surface area (Å²) in [7, 11) is 0. The predicted octanol–water partition coefficient (Wildman–Crippen LogP) is -1.87. The number of hydrogen-bond donors (Lipinski definition) is 7. The van der Waals surface area contributed by atoms with E-state index in [1.54, 1.807) is 30.3 Å². The minimum Gasteiger partial charge on any atom is -0.480 e. The number of carbonyl (C=O) groups excluding carboxylic acids is 3. The molecule has 0 saturated carbocycles. The van der Waals surface area contributed by atoms with Gasteiger partial charge in [-0.2, -0.15) is 0 Å². The number of aliphatic hydroxyl groups excluding tert-OH is 2. The van der Waals surface area contributed by atoms with Gasteiger partial charge in [0.2, 0.25) is 17.7 Å². The maximum absolute atomic E-state index is 12.9. The lowest BCUT2D eigenvalue weighted by atomic mass is 9.98. The summed E-state index contributed by atoms with van der Waals surface area (Å²) in [5, 5.41) is 34.4. The fourth-order valence-electron chi connectivity index (χ4n) is 2.76. The first-order chi connectivity index (χ1) is 15.1. The number of aliphatic carboxylic acids is 1. The van der Waals surface area contributed by atoms with Crippen molar-refractivity contribution in [2.24, 2.45) is 11.7 Å². The van der Waals surface area contributed by atoms with Crippen LogP contribution in [0.2, 0.25) is 0 Å². The van der Waals surface area contributed by atoms with Crippen LogP contribution in [0.15, 0.2) is 30.3 Å². The van der Waals surface area contributed by atoms with Gasteiger partial charge in [-0.25, -0.2) is 4.79 Å². The molecule has 11 heteroatoms. The lowest BCUT2D eigenvalue weighted by Crippen LogP contribution is -2.59. The largest absolute Gasteiger partial charge is 0.480 e. The molecule has 1 aromatic carbocycles. The number of rotatable bonds is 13. The minimum atomic E-state index is -1.60. The van der Waals surface area contributed by atoms with Crippen LogP contribution in [0, 0.1) is 5.92 Å². The number of hydrogen-bond acceptors (Lipinski definition) is 7. The van der Waals surface area contributed by atoms with Crippen molar-refractivity contribution in [1.29, 1.82) is 0 Å². The Kier molecular flexibility index (Phi) is 11.3. The van der Waals surface area contributed by atoms with Gasteiger partial charge in [0.1, 0.15) is 18.1 Å². The second-order valence-electron chi connectivity index (χ2n) is 7.49. The van der Waals surface area contributed by atoms with E-state index < -0.39 is 61.1 Å². The van der Waals surface area contributed by atoms with Crippen LogP contribution in [0.5, 0.6) is 0 Å². The van der Waals surface area contributed by atoms with Gasteiger partial charge >= 0.3 is 5.97 Å². The number of carbonyl (C=O) groups is 4. The molecule has 0 heterocycles. The zero-order valence-corrected chi connectivity index (χ0v) is 18.2. The molecule has 5 atom stereocenters. The molecule has 1 rings (SSSR count). The highest BCUT2D eigenvalue weighted by Crippen LogP contribution is 2.08. The SMILES string of the molecule is CCC(C)C(N)C(=O)NC(Cc1ccccc1)C(=O)NC(CO)C(=O)NC(CO)C(=O)O. The third-order valence-electron chi connectivity index (χ3n) is 5.09. The number of aliphatic hydroxyl groups is 2. The lowest BCUT2D eigenvalue weighted by molar-refractivity contribution is -0.143. The Bertz CT molecular complexity index is 775. The Labute approximate surface area is 186 Å². The van der Waals surface area contributed by atoms with E-state index in [2.05, 4.69) is 10.6 Å². The van der Waals surface area contributed by atoms with Gasteiger partial charge in [-0.1, -0.05) is 50.6 Å². The number of carboxylic acids is 1. The second-order valence-corrected chi connectivity index (χ2v) is 7.49. The molecule has 3 amide bonds. The van der Waals surface area contributed by atoms with E-state index in [9.17, 15) is 24.3 Å². The summed E-state index contributed by atoms with van der Waals surface area (Å²) in [5.41, 5.74) is 6.70. The number of nitrogens with two attached hydrogens (primary N) is 1. The average molecular weight is 453 g/mol. The van der Waals surface area contributed by atoms with Crippen molar-refractivity contribution in [2.45, 2.75) is 50.9 Å². The zero-order valence-electron chi connectivity index (χ0n) is 18.2. The van der Waals surface area contributed by atoms with Crippen molar-refractivity contribution in [1.82, 2.24) is 16.0 Å². The van der Waals surface area contributed by atoms with E-state index in [0.29, 0.717) is 6.42 Å². The van der Waals surface area contributed by atoms with E-state index in [1.165, 1.54) is 0 Å². The van der Waals surface area contributed by atoms with E-state index in [0.717, 1.165) is 5.56 Å². The molecular formula is C21H32N4O7. The third-order valence-corrected chi connectivity index (χ3v) is 5.09. The summed E-state index contributed by atoms with van der Waals surface area (Å²) in [4.78, 5) is 48.7. The van der Waals surface area contributed by atoms with E-state index in [1.807, 2.05) is 19.2 Å². The number of nitrogens with one attached hydrogen (secondary N) is 3. The van der Waals surface area contributed by atoms with Gasteiger partial charge in [0.15, 0.2) is 0 Å². The van der Waals surface area contributed by atoms with Crippen molar-refractivity contribution in [2.75, 3.05) is 13.2 Å². The first-order valence-electron chi connectivity index (χ1n) is 10.3. The van der Waals surface area contributed by atoms with Crippen molar-refractivity contribution in [3.05, 3.63) is 35.9 Å². The molecule has 0 spiro atoms. The Morgan fingerprint density at radius 2 is 1.38 bits per heavy atom. The number of amides is 3. The molecule has 0 fully saturated rings. The summed E-state index contributed by atoms with van der Waals surface area (Å²) in [5.74, 6) is -3.89. The maximum Gasteiger partial charge on any atom is 0.328 e. The van der Waals surface area contributed by atoms with E-state index in [4.69, 9.17) is 15.9 Å². The second kappa shape index (κ2) is 13.4. The Balaban J connectivity index is 2.98. The molecular weight excluding hydrogens is 420 g/mol. The fourth-order valence-corrected chi connectivity index (χ4v) is 2.76. The van der Waals surface area contributed by atoms with Crippen LogP contribution in [0.25, 0.3) is 0 Å². The van der Waals surface area contributed by atoms with Crippen LogP contribution in [0.4, 0.5) is 0 Å². The molecule has 178 valence electrons. The standard InChI is InChI=1S/C21H32N4O7/c1-3-12(2)17(22)20(30)23-14(9-13-7-5-4-6-8-13)18(28)24-15(10-26)19(29)25-16(11-27)21(31)32/h4-8,12,14-17,26-27H,3,9-11,22H2,1-2H3,(H,23,30)(H,24,28)(H,25,29)(H,31,32). The predicted molar refractivity (Wildman–Crippen MR) is 115 cm³/mol. The number of benzene rings is 1. The van der Waals surface area contributed by atoms with Crippen LogP contribution in [0.1, 0.15) is 25.8 Å². The Hall–Kier alpha value is -3.02. The maximum atomic E-state index is 12.9. The summed E-state index contributed by atoms with van der Waals surface area (Å²) >= 11 is 0. The van der Waals surface area contributed by atoms with E-state index >= 15 is 0 Å². The fraction of sp³-hybridized carbons (Fsp3) is 0.524. The zero-order chi connectivity index (χ0) is 24.3. The number of carboxylic acid groups (broad SMARTS) is 1. The van der Waals surface area contributed by atoms with E-state index in [-0.39, 0.29) is 12.3 Å². The molecule has 0 aliphatic carbocycles. The van der Waals surface area contributed by atoms with Crippen LogP contribution >= 0.6 is 0 Å². The Morgan fingerprint density at radius 3 is 1.88 bits per heavy atom. The van der Waals surface area contributed by atoms with Gasteiger partial charge in [0.05, 0.1) is 19.3 Å². The van der Waals surface area contributed by atoms with Crippen molar-refractivity contribution >= 4 is 23.7 Å². The molecule has 32 heavy (non-hydrogen) atoms. The molecule has 0 aliphatic heterocycles. The van der Waals surface area contributed by atoms with Gasteiger partial charge in [-0.3, -0.25) is 14.4 Å². The van der Waals surface area contributed by atoms with Crippen LogP contribution < -0.4 is 21.7 Å². The lowest BCUT2D eigenvalue weighted by Gasteiger charge is -2.25. The normalized spacial score (nSPS) is 15.5. The highest BCUT2D eigenvalue weighted by atomic mass is 16.4. The van der Waals surface area contributed by atoms with Crippen molar-refractivity contribution in [3.8, 4) is 0 Å². The molecule has 1 aromatic rings. The molecule has 0 bridgehead atoms. The molecule has 0 radical (unpaired) electrons. The quantitative estimate of drug-likeness (QED) is 0.181. The minimum absolute atomic E-state index is 0.0970. The average Bonchev–Trinajstić information content (AvgIpc) is 2.79. The smallest absolute Gasteiger partial charge is 0.328 e. The monoisotopic (exact) mass is 452 g/mol. The van der Waals surface area contributed by atoms with Gasteiger partial charge < -0.3 is 37.0 Å². The summed E-state index contributed by atoms with van der Waals surface area (Å²) < 4.78 is 0. The Morgan fingerprint density at radius 1 is 0.875 bits per heavy atom. The first-order valence-corrected chi connectivity index (χ1v) is 10.3. The van der Waals surface area contributed by atoms with Crippen molar-refractivity contribution < 1.29 is 34.5 Å². The molecule has 8 N–H and O–H groups in total. The van der Waals surface area contributed by atoms with Crippen LogP contribution in [0.3, 0.4) is 0 Å². The van der Waals surface area contributed by atoms with Gasteiger partial charge in [0.25, 0.3) is 0 Å².